The highest BCUT2D eigenvalue weighted by molar-refractivity contribution is 5.97. The van der Waals surface area contributed by atoms with Crippen molar-refractivity contribution >= 4 is 5.91 Å². The van der Waals surface area contributed by atoms with Crippen LogP contribution in [-0.2, 0) is 0 Å². The van der Waals surface area contributed by atoms with E-state index in [4.69, 9.17) is 9.47 Å². The maximum atomic E-state index is 12.3. The molecule has 0 aliphatic heterocycles. The SMILES string of the molecule is COc1cccc([C@@H](C)NC(=O)c2ccccc2OC)c1. The Kier molecular flexibility index (Phi) is 4.82. The number of hydrogen-bond donors (Lipinski definition) is 1. The quantitative estimate of drug-likeness (QED) is 0.917. The molecule has 4 heteroatoms. The first-order valence-electron chi connectivity index (χ1n) is 6.73. The minimum atomic E-state index is -0.164. The van der Waals surface area contributed by atoms with Crippen molar-refractivity contribution in [1.82, 2.24) is 5.32 Å². The number of hydrogen-bond acceptors (Lipinski definition) is 3. The van der Waals surface area contributed by atoms with E-state index < -0.39 is 0 Å². The maximum absolute atomic E-state index is 12.3. The number of rotatable bonds is 5. The highest BCUT2D eigenvalue weighted by Crippen LogP contribution is 2.21. The van der Waals surface area contributed by atoms with Gasteiger partial charge in [-0.15, -0.1) is 0 Å². The zero-order valence-corrected chi connectivity index (χ0v) is 12.4. The van der Waals surface area contributed by atoms with E-state index in [1.165, 1.54) is 0 Å². The smallest absolute Gasteiger partial charge is 0.255 e. The normalized spacial score (nSPS) is 11.6. The van der Waals surface area contributed by atoms with E-state index in [9.17, 15) is 4.79 Å². The lowest BCUT2D eigenvalue weighted by Gasteiger charge is -2.16. The van der Waals surface area contributed by atoms with Gasteiger partial charge in [0.25, 0.3) is 5.91 Å². The second-order valence-electron chi connectivity index (χ2n) is 4.67. The average Bonchev–Trinajstić information content (AvgIpc) is 2.54. The zero-order valence-electron chi connectivity index (χ0n) is 12.4. The van der Waals surface area contributed by atoms with Crippen LogP contribution in [-0.4, -0.2) is 20.1 Å². The molecule has 0 bridgehead atoms. The Labute approximate surface area is 124 Å². The van der Waals surface area contributed by atoms with Gasteiger partial charge in [-0.1, -0.05) is 24.3 Å². The molecule has 110 valence electrons. The summed E-state index contributed by atoms with van der Waals surface area (Å²) in [6, 6.07) is 14.7. The van der Waals surface area contributed by atoms with E-state index in [2.05, 4.69) is 5.32 Å². The van der Waals surface area contributed by atoms with Crippen LogP contribution in [0, 0.1) is 0 Å². The van der Waals surface area contributed by atoms with E-state index >= 15 is 0 Å². The van der Waals surface area contributed by atoms with Crippen molar-refractivity contribution in [2.45, 2.75) is 13.0 Å². The van der Waals surface area contributed by atoms with Crippen LogP contribution < -0.4 is 14.8 Å². The van der Waals surface area contributed by atoms with E-state index in [0.717, 1.165) is 11.3 Å². The van der Waals surface area contributed by atoms with Gasteiger partial charge in [0.1, 0.15) is 11.5 Å². The maximum Gasteiger partial charge on any atom is 0.255 e. The summed E-state index contributed by atoms with van der Waals surface area (Å²) in [5.74, 6) is 1.17. The number of benzene rings is 2. The molecule has 1 atom stereocenters. The number of carbonyl (C=O) groups excluding carboxylic acids is 1. The average molecular weight is 285 g/mol. The molecule has 1 amide bonds. The molecule has 0 aromatic heterocycles. The monoisotopic (exact) mass is 285 g/mol. The van der Waals surface area contributed by atoms with Crippen molar-refractivity contribution in [1.29, 1.82) is 0 Å². The minimum absolute atomic E-state index is 0.127. The Morgan fingerprint density at radius 1 is 1.05 bits per heavy atom. The van der Waals surface area contributed by atoms with Crippen molar-refractivity contribution in [3.05, 3.63) is 59.7 Å². The molecule has 0 fully saturated rings. The summed E-state index contributed by atoms with van der Waals surface area (Å²) in [5.41, 5.74) is 1.51. The van der Waals surface area contributed by atoms with Crippen LogP contribution in [0.2, 0.25) is 0 Å². The summed E-state index contributed by atoms with van der Waals surface area (Å²) < 4.78 is 10.4. The Balaban J connectivity index is 2.15. The second kappa shape index (κ2) is 6.79. The molecule has 0 saturated heterocycles. The summed E-state index contributed by atoms with van der Waals surface area (Å²) in [6.45, 7) is 1.93. The zero-order chi connectivity index (χ0) is 15.2. The number of nitrogens with one attached hydrogen (secondary N) is 1. The van der Waals surface area contributed by atoms with E-state index in [1.54, 1.807) is 26.4 Å². The van der Waals surface area contributed by atoms with Crippen molar-refractivity contribution in [2.24, 2.45) is 0 Å². The number of para-hydroxylation sites is 1. The number of amides is 1. The highest BCUT2D eigenvalue weighted by atomic mass is 16.5. The van der Waals surface area contributed by atoms with Gasteiger partial charge in [-0.05, 0) is 36.8 Å². The summed E-state index contributed by atoms with van der Waals surface area (Å²) in [6.07, 6.45) is 0. The van der Waals surface area contributed by atoms with Gasteiger partial charge in [0.2, 0.25) is 0 Å². The summed E-state index contributed by atoms with van der Waals surface area (Å²) in [4.78, 5) is 12.3. The van der Waals surface area contributed by atoms with Crippen molar-refractivity contribution < 1.29 is 14.3 Å². The lowest BCUT2D eigenvalue weighted by atomic mass is 10.1. The standard InChI is InChI=1S/C17H19NO3/c1-12(13-7-6-8-14(11-13)20-2)18-17(19)15-9-4-5-10-16(15)21-3/h4-12H,1-3H3,(H,18,19)/t12-/m1/s1. The molecular weight excluding hydrogens is 266 g/mol. The molecule has 1 N–H and O–H groups in total. The largest absolute Gasteiger partial charge is 0.497 e. The molecule has 0 unspecified atom stereocenters. The molecule has 0 saturated carbocycles. The molecule has 2 aromatic carbocycles. The first-order chi connectivity index (χ1) is 10.2. The molecule has 0 heterocycles. The van der Waals surface area contributed by atoms with Gasteiger partial charge in [0.15, 0.2) is 0 Å². The van der Waals surface area contributed by atoms with Gasteiger partial charge in [-0.3, -0.25) is 4.79 Å². The third kappa shape index (κ3) is 3.54. The summed E-state index contributed by atoms with van der Waals surface area (Å²) in [7, 11) is 3.18. The lowest BCUT2D eigenvalue weighted by molar-refractivity contribution is 0.0937. The fourth-order valence-electron chi connectivity index (χ4n) is 2.10. The number of ether oxygens (including phenoxy) is 2. The van der Waals surface area contributed by atoms with Gasteiger partial charge in [-0.25, -0.2) is 0 Å². The van der Waals surface area contributed by atoms with Crippen LogP contribution >= 0.6 is 0 Å². The number of methoxy groups -OCH3 is 2. The van der Waals surface area contributed by atoms with Crippen LogP contribution in [0.4, 0.5) is 0 Å². The minimum Gasteiger partial charge on any atom is -0.497 e. The van der Waals surface area contributed by atoms with E-state index in [1.807, 2.05) is 43.3 Å². The molecule has 0 radical (unpaired) electrons. The van der Waals surface area contributed by atoms with E-state index in [0.29, 0.717) is 11.3 Å². The Hall–Kier alpha value is -2.49. The van der Waals surface area contributed by atoms with Gasteiger partial charge in [-0.2, -0.15) is 0 Å². The Morgan fingerprint density at radius 2 is 1.81 bits per heavy atom. The topological polar surface area (TPSA) is 47.6 Å². The van der Waals surface area contributed by atoms with Gasteiger partial charge >= 0.3 is 0 Å². The second-order valence-corrected chi connectivity index (χ2v) is 4.67. The molecule has 21 heavy (non-hydrogen) atoms. The van der Waals surface area contributed by atoms with Crippen LogP contribution in [0.5, 0.6) is 11.5 Å². The third-order valence-corrected chi connectivity index (χ3v) is 3.29. The fraction of sp³-hybridized carbons (Fsp3) is 0.235. The molecule has 4 nitrogen and oxygen atoms in total. The first kappa shape index (κ1) is 14.9. The summed E-state index contributed by atoms with van der Waals surface area (Å²) >= 11 is 0. The van der Waals surface area contributed by atoms with Gasteiger partial charge < -0.3 is 14.8 Å². The highest BCUT2D eigenvalue weighted by Gasteiger charge is 2.15. The molecular formula is C17H19NO3. The van der Waals surface area contributed by atoms with E-state index in [-0.39, 0.29) is 11.9 Å². The van der Waals surface area contributed by atoms with Crippen molar-refractivity contribution in [2.75, 3.05) is 14.2 Å². The van der Waals surface area contributed by atoms with Crippen LogP contribution in [0.3, 0.4) is 0 Å². The van der Waals surface area contributed by atoms with Crippen molar-refractivity contribution in [3.8, 4) is 11.5 Å². The Bertz CT molecular complexity index is 625. The van der Waals surface area contributed by atoms with Gasteiger partial charge in [0.05, 0.1) is 25.8 Å². The molecule has 2 rings (SSSR count). The molecule has 2 aromatic rings. The van der Waals surface area contributed by atoms with Gasteiger partial charge in [0, 0.05) is 0 Å². The predicted molar refractivity (Wildman–Crippen MR) is 81.9 cm³/mol. The Morgan fingerprint density at radius 3 is 2.52 bits per heavy atom. The molecule has 0 aliphatic rings. The first-order valence-corrected chi connectivity index (χ1v) is 6.73. The van der Waals surface area contributed by atoms with Crippen LogP contribution in [0.1, 0.15) is 28.9 Å². The number of carbonyl (C=O) groups is 1. The third-order valence-electron chi connectivity index (χ3n) is 3.29. The molecule has 0 aliphatic carbocycles. The predicted octanol–water partition coefficient (Wildman–Crippen LogP) is 3.19. The van der Waals surface area contributed by atoms with Crippen LogP contribution in [0.15, 0.2) is 48.5 Å². The lowest BCUT2D eigenvalue weighted by Crippen LogP contribution is -2.27. The van der Waals surface area contributed by atoms with Crippen molar-refractivity contribution in [3.63, 3.8) is 0 Å². The fourth-order valence-corrected chi connectivity index (χ4v) is 2.10. The molecule has 0 spiro atoms. The van der Waals surface area contributed by atoms with Crippen LogP contribution in [0.25, 0.3) is 0 Å². The summed E-state index contributed by atoms with van der Waals surface area (Å²) in [5, 5.41) is 2.96.